The second-order valence-electron chi connectivity index (χ2n) is 7.89. The fourth-order valence-corrected chi connectivity index (χ4v) is 6.25. The first-order chi connectivity index (χ1) is 12.7. The molecule has 154 valence electrons. The summed E-state index contributed by atoms with van der Waals surface area (Å²) in [5.74, 6) is 1.37. The summed E-state index contributed by atoms with van der Waals surface area (Å²) in [7, 11) is -3.48. The highest BCUT2D eigenvalue weighted by Gasteiger charge is 2.21. The summed E-state index contributed by atoms with van der Waals surface area (Å²) in [6.45, 7) is 11.7. The maximum atomic E-state index is 12.4. The van der Waals surface area contributed by atoms with E-state index < -0.39 is 10.0 Å². The molecule has 2 heterocycles. The zero-order chi connectivity index (χ0) is 20.0. The van der Waals surface area contributed by atoms with Crippen molar-refractivity contribution >= 4 is 27.3 Å². The number of piperidine rings is 1. The minimum Gasteiger partial charge on any atom is -0.349 e. The van der Waals surface area contributed by atoms with E-state index in [1.807, 2.05) is 6.92 Å². The number of nitrogens with one attached hydrogen (secondary N) is 2. The molecule has 1 aliphatic heterocycles. The number of hydrogen-bond acceptors (Lipinski definition) is 5. The van der Waals surface area contributed by atoms with Gasteiger partial charge in [-0.3, -0.25) is 4.79 Å². The molecule has 1 saturated heterocycles. The van der Waals surface area contributed by atoms with Gasteiger partial charge in [0.15, 0.2) is 0 Å². The molecule has 0 aromatic carbocycles. The smallest absolute Gasteiger partial charge is 0.250 e. The van der Waals surface area contributed by atoms with Crippen molar-refractivity contribution in [3.8, 4) is 0 Å². The Kier molecular flexibility index (Phi) is 8.27. The number of hydrogen-bond donors (Lipinski definition) is 2. The Morgan fingerprint density at radius 2 is 1.93 bits per heavy atom. The van der Waals surface area contributed by atoms with Gasteiger partial charge in [0.25, 0.3) is 0 Å². The van der Waals surface area contributed by atoms with Crippen LogP contribution in [0.5, 0.6) is 0 Å². The molecule has 1 fully saturated rings. The maximum Gasteiger partial charge on any atom is 0.250 e. The Morgan fingerprint density at radius 1 is 1.26 bits per heavy atom. The van der Waals surface area contributed by atoms with Crippen LogP contribution < -0.4 is 10.0 Å². The molecular formula is C19H33N3O3S2. The van der Waals surface area contributed by atoms with Gasteiger partial charge >= 0.3 is 0 Å². The van der Waals surface area contributed by atoms with Crippen molar-refractivity contribution in [2.45, 2.75) is 57.2 Å². The number of carbonyl (C=O) groups excluding carboxylic acids is 1. The molecule has 0 saturated carbocycles. The number of thiophene rings is 1. The number of amides is 1. The van der Waals surface area contributed by atoms with Gasteiger partial charge in [-0.1, -0.05) is 13.8 Å². The van der Waals surface area contributed by atoms with E-state index in [9.17, 15) is 13.2 Å². The molecule has 27 heavy (non-hydrogen) atoms. The minimum atomic E-state index is -3.48. The molecule has 1 amide bonds. The van der Waals surface area contributed by atoms with Crippen LogP contribution in [0.3, 0.4) is 0 Å². The van der Waals surface area contributed by atoms with Gasteiger partial charge in [-0.25, -0.2) is 13.1 Å². The number of sulfonamides is 1. The monoisotopic (exact) mass is 415 g/mol. The van der Waals surface area contributed by atoms with E-state index in [2.05, 4.69) is 28.8 Å². The van der Waals surface area contributed by atoms with E-state index in [1.54, 1.807) is 12.1 Å². The van der Waals surface area contributed by atoms with Gasteiger partial charge in [-0.05, 0) is 56.7 Å². The summed E-state index contributed by atoms with van der Waals surface area (Å²) >= 11 is 1.20. The zero-order valence-corrected chi connectivity index (χ0v) is 18.5. The lowest BCUT2D eigenvalue weighted by molar-refractivity contribution is -0.119. The zero-order valence-electron chi connectivity index (χ0n) is 16.8. The standard InChI is InChI=1S/C19H33N3O3S2/c1-14-11-15(2)13-22(12-14)10-6-5-9-20-27(24,25)19-8-7-18(26-19)16(3)21-17(4)23/h7-8,14-16,20H,5-6,9-13H2,1-4H3,(H,21,23)/t14-,15-,16+/m0/s1. The van der Waals surface area contributed by atoms with E-state index in [4.69, 9.17) is 0 Å². The topological polar surface area (TPSA) is 78.5 Å². The van der Waals surface area contributed by atoms with Crippen LogP contribution in [0.2, 0.25) is 0 Å². The Labute approximate surface area is 167 Å². The van der Waals surface area contributed by atoms with E-state index >= 15 is 0 Å². The molecule has 1 aromatic rings. The summed E-state index contributed by atoms with van der Waals surface area (Å²) in [4.78, 5) is 14.5. The van der Waals surface area contributed by atoms with Crippen LogP contribution in [-0.4, -0.2) is 45.4 Å². The predicted octanol–water partition coefficient (Wildman–Crippen LogP) is 2.98. The Morgan fingerprint density at radius 3 is 2.56 bits per heavy atom. The molecule has 0 spiro atoms. The summed E-state index contributed by atoms with van der Waals surface area (Å²) in [6.07, 6.45) is 3.13. The van der Waals surface area contributed by atoms with E-state index in [1.165, 1.54) is 24.7 Å². The summed E-state index contributed by atoms with van der Waals surface area (Å²) in [5.41, 5.74) is 0. The number of rotatable bonds is 9. The fraction of sp³-hybridized carbons (Fsp3) is 0.737. The molecule has 1 aliphatic rings. The van der Waals surface area contributed by atoms with Crippen LogP contribution in [-0.2, 0) is 14.8 Å². The number of unbranched alkanes of at least 4 members (excludes halogenated alkanes) is 1. The van der Waals surface area contributed by atoms with E-state index in [0.717, 1.165) is 49.2 Å². The highest BCUT2D eigenvalue weighted by molar-refractivity contribution is 7.91. The van der Waals surface area contributed by atoms with Crippen LogP contribution in [0.1, 0.15) is 57.9 Å². The third-order valence-corrected chi connectivity index (χ3v) is 8.07. The van der Waals surface area contributed by atoms with Gasteiger partial charge in [0.05, 0.1) is 6.04 Å². The van der Waals surface area contributed by atoms with Gasteiger partial charge in [0.1, 0.15) is 4.21 Å². The van der Waals surface area contributed by atoms with Crippen LogP contribution >= 0.6 is 11.3 Å². The Hall–Kier alpha value is -0.960. The normalized spacial score (nSPS) is 22.5. The molecular weight excluding hydrogens is 382 g/mol. The number of nitrogens with zero attached hydrogens (tertiary/aromatic N) is 1. The molecule has 1 aromatic heterocycles. The molecule has 2 N–H and O–H groups in total. The van der Waals surface area contributed by atoms with Crippen molar-refractivity contribution < 1.29 is 13.2 Å². The van der Waals surface area contributed by atoms with Gasteiger partial charge in [-0.15, -0.1) is 11.3 Å². The van der Waals surface area contributed by atoms with Crippen LogP contribution in [0.15, 0.2) is 16.3 Å². The highest BCUT2D eigenvalue weighted by atomic mass is 32.2. The molecule has 0 bridgehead atoms. The number of carbonyl (C=O) groups is 1. The van der Waals surface area contributed by atoms with Crippen LogP contribution in [0.25, 0.3) is 0 Å². The van der Waals surface area contributed by atoms with Gasteiger partial charge in [0, 0.05) is 31.4 Å². The second-order valence-corrected chi connectivity index (χ2v) is 11.0. The second kappa shape index (κ2) is 10.0. The van der Waals surface area contributed by atoms with E-state index in [0.29, 0.717) is 10.8 Å². The van der Waals surface area contributed by atoms with Crippen LogP contribution in [0.4, 0.5) is 0 Å². The van der Waals surface area contributed by atoms with Crippen LogP contribution in [0, 0.1) is 11.8 Å². The van der Waals surface area contributed by atoms with Crippen molar-refractivity contribution in [1.82, 2.24) is 14.9 Å². The van der Waals surface area contributed by atoms with Crippen molar-refractivity contribution in [2.75, 3.05) is 26.2 Å². The van der Waals surface area contributed by atoms with Crippen molar-refractivity contribution in [3.63, 3.8) is 0 Å². The molecule has 6 nitrogen and oxygen atoms in total. The summed E-state index contributed by atoms with van der Waals surface area (Å²) in [6, 6.07) is 3.18. The minimum absolute atomic E-state index is 0.129. The third kappa shape index (κ3) is 7.18. The Balaban J connectivity index is 1.75. The average Bonchev–Trinajstić information content (AvgIpc) is 3.04. The first-order valence-corrected chi connectivity index (χ1v) is 12.1. The van der Waals surface area contributed by atoms with Crippen molar-refractivity contribution in [1.29, 1.82) is 0 Å². The fourth-order valence-electron chi connectivity index (χ4n) is 3.80. The highest BCUT2D eigenvalue weighted by Crippen LogP contribution is 2.26. The van der Waals surface area contributed by atoms with Crippen molar-refractivity contribution in [2.24, 2.45) is 11.8 Å². The molecule has 2 rings (SSSR count). The third-order valence-electron chi connectivity index (χ3n) is 4.85. The molecule has 0 unspecified atom stereocenters. The van der Waals surface area contributed by atoms with E-state index in [-0.39, 0.29) is 11.9 Å². The van der Waals surface area contributed by atoms with Gasteiger partial charge in [0.2, 0.25) is 15.9 Å². The number of likely N-dealkylation sites (tertiary alicyclic amines) is 1. The quantitative estimate of drug-likeness (QED) is 0.608. The van der Waals surface area contributed by atoms with Crippen molar-refractivity contribution in [3.05, 3.63) is 17.0 Å². The largest absolute Gasteiger partial charge is 0.349 e. The predicted molar refractivity (Wildman–Crippen MR) is 110 cm³/mol. The SMILES string of the molecule is CC(=O)N[C@H](C)c1ccc(S(=O)(=O)NCCCCN2C[C@@H](C)C[C@H](C)C2)s1. The lowest BCUT2D eigenvalue weighted by atomic mass is 9.92. The first-order valence-electron chi connectivity index (χ1n) is 9.76. The molecule has 3 atom stereocenters. The van der Waals surface area contributed by atoms with Gasteiger partial charge < -0.3 is 10.2 Å². The molecule has 8 heteroatoms. The molecule has 0 radical (unpaired) electrons. The Bertz CT molecular complexity index is 708. The van der Waals surface area contributed by atoms with Gasteiger partial charge in [-0.2, -0.15) is 0 Å². The first kappa shape index (κ1) is 22.3. The molecule has 0 aliphatic carbocycles. The maximum absolute atomic E-state index is 12.4. The average molecular weight is 416 g/mol. The summed E-state index contributed by atoms with van der Waals surface area (Å²) < 4.78 is 27.9. The summed E-state index contributed by atoms with van der Waals surface area (Å²) in [5, 5.41) is 2.77. The lowest BCUT2D eigenvalue weighted by Crippen LogP contribution is -2.39. The lowest BCUT2D eigenvalue weighted by Gasteiger charge is -2.34.